The minimum absolute atomic E-state index is 0.214. The monoisotopic (exact) mass is 404 g/mol. The fourth-order valence-corrected chi connectivity index (χ4v) is 3.83. The van der Waals surface area contributed by atoms with E-state index in [0.717, 1.165) is 10.8 Å². The van der Waals surface area contributed by atoms with Gasteiger partial charge in [0, 0.05) is 22.3 Å². The Kier molecular flexibility index (Phi) is 5.35. The van der Waals surface area contributed by atoms with Gasteiger partial charge in [-0.05, 0) is 60.0 Å². The second-order valence-corrected chi connectivity index (χ2v) is 7.60. The molecule has 144 valence electrons. The van der Waals surface area contributed by atoms with Crippen LogP contribution < -0.4 is 10.0 Å². The molecule has 1 unspecified atom stereocenters. The highest BCUT2D eigenvalue weighted by atomic mass is 32.2. The maximum atomic E-state index is 13.1. The minimum Gasteiger partial charge on any atom is -0.321 e. The number of halogens is 1. The second kappa shape index (κ2) is 8.24. The number of benzene rings is 4. The van der Waals surface area contributed by atoms with Crippen molar-refractivity contribution in [2.45, 2.75) is 4.90 Å². The van der Waals surface area contributed by atoms with Crippen molar-refractivity contribution < 1.29 is 13.4 Å². The molecule has 29 heavy (non-hydrogen) atoms. The molecule has 0 heterocycles. The average molecular weight is 404 g/mol. The highest BCUT2D eigenvalue weighted by molar-refractivity contribution is 7.86. The van der Waals surface area contributed by atoms with Gasteiger partial charge in [-0.2, -0.15) is 0 Å². The zero-order chi connectivity index (χ0) is 20.2. The van der Waals surface area contributed by atoms with E-state index in [4.69, 9.17) is 0 Å². The minimum atomic E-state index is -1.54. The number of amides is 1. The molecule has 0 aromatic heterocycles. The lowest BCUT2D eigenvalue weighted by Gasteiger charge is -2.11. The zero-order valence-corrected chi connectivity index (χ0v) is 16.1. The van der Waals surface area contributed by atoms with Crippen LogP contribution in [0.1, 0.15) is 10.4 Å². The summed E-state index contributed by atoms with van der Waals surface area (Å²) in [5.74, 6) is -0.570. The van der Waals surface area contributed by atoms with Crippen molar-refractivity contribution in [2.75, 3.05) is 10.0 Å². The predicted molar refractivity (Wildman–Crippen MR) is 115 cm³/mol. The molecule has 1 atom stereocenters. The summed E-state index contributed by atoms with van der Waals surface area (Å²) in [7, 11) is -1.54. The summed E-state index contributed by atoms with van der Waals surface area (Å²) in [6.45, 7) is 0. The lowest BCUT2D eigenvalue weighted by molar-refractivity contribution is 0.102. The summed E-state index contributed by atoms with van der Waals surface area (Å²) in [5.41, 5.74) is 1.75. The molecule has 0 aliphatic carbocycles. The molecular weight excluding hydrogens is 387 g/mol. The van der Waals surface area contributed by atoms with Crippen LogP contribution >= 0.6 is 0 Å². The fraction of sp³-hybridized carbons (Fsp3) is 0. The number of hydrogen-bond donors (Lipinski definition) is 2. The summed E-state index contributed by atoms with van der Waals surface area (Å²) in [6.07, 6.45) is 0. The molecule has 0 bridgehead atoms. The smallest absolute Gasteiger partial charge is 0.255 e. The molecule has 0 aliphatic rings. The van der Waals surface area contributed by atoms with Gasteiger partial charge in [-0.15, -0.1) is 0 Å². The normalized spacial score (nSPS) is 11.8. The molecule has 0 aliphatic heterocycles. The molecule has 0 saturated carbocycles. The van der Waals surface area contributed by atoms with E-state index < -0.39 is 11.0 Å². The Labute approximate surface area is 170 Å². The molecule has 4 aromatic carbocycles. The molecule has 4 nitrogen and oxygen atoms in total. The average Bonchev–Trinajstić information content (AvgIpc) is 2.76. The van der Waals surface area contributed by atoms with E-state index in [1.807, 2.05) is 30.3 Å². The van der Waals surface area contributed by atoms with Crippen LogP contribution in [0.25, 0.3) is 10.8 Å². The van der Waals surface area contributed by atoms with Crippen LogP contribution in [-0.2, 0) is 11.0 Å². The van der Waals surface area contributed by atoms with Gasteiger partial charge in [0.15, 0.2) is 0 Å². The van der Waals surface area contributed by atoms with E-state index >= 15 is 0 Å². The highest BCUT2D eigenvalue weighted by Crippen LogP contribution is 2.27. The Hall–Kier alpha value is -3.51. The lowest BCUT2D eigenvalue weighted by atomic mass is 10.1. The highest BCUT2D eigenvalue weighted by Gasteiger charge is 2.11. The summed E-state index contributed by atoms with van der Waals surface area (Å²) >= 11 is 0. The quantitative estimate of drug-likeness (QED) is 0.470. The van der Waals surface area contributed by atoms with Crippen LogP contribution in [0.2, 0.25) is 0 Å². The third kappa shape index (κ3) is 4.33. The SMILES string of the molecule is O=C(Nc1cccc2ccc(S(=O)Nc3ccc(F)cc3)cc12)c1ccccc1. The summed E-state index contributed by atoms with van der Waals surface area (Å²) < 4.78 is 28.6. The molecular formula is C23H17FN2O2S. The Bertz CT molecular complexity index is 1190. The van der Waals surface area contributed by atoms with Crippen LogP contribution in [0.3, 0.4) is 0 Å². The van der Waals surface area contributed by atoms with Crippen LogP contribution in [0.5, 0.6) is 0 Å². The van der Waals surface area contributed by atoms with Crippen molar-refractivity contribution in [1.29, 1.82) is 0 Å². The first kappa shape index (κ1) is 18.8. The number of carbonyl (C=O) groups is 1. The molecule has 0 radical (unpaired) electrons. The molecule has 0 saturated heterocycles. The first-order valence-corrected chi connectivity index (χ1v) is 10.1. The van der Waals surface area contributed by atoms with E-state index in [0.29, 0.717) is 21.8 Å². The van der Waals surface area contributed by atoms with Gasteiger partial charge < -0.3 is 10.0 Å². The van der Waals surface area contributed by atoms with E-state index in [2.05, 4.69) is 10.0 Å². The fourth-order valence-electron chi connectivity index (χ4n) is 2.94. The zero-order valence-electron chi connectivity index (χ0n) is 15.3. The van der Waals surface area contributed by atoms with Gasteiger partial charge in [-0.25, -0.2) is 8.60 Å². The van der Waals surface area contributed by atoms with Crippen molar-refractivity contribution >= 4 is 39.0 Å². The maximum absolute atomic E-state index is 13.1. The maximum Gasteiger partial charge on any atom is 0.255 e. The molecule has 0 spiro atoms. The molecule has 6 heteroatoms. The van der Waals surface area contributed by atoms with Gasteiger partial charge in [-0.3, -0.25) is 4.79 Å². The van der Waals surface area contributed by atoms with Crippen molar-refractivity contribution in [2.24, 2.45) is 0 Å². The molecule has 2 N–H and O–H groups in total. The van der Waals surface area contributed by atoms with Gasteiger partial charge in [-0.1, -0.05) is 36.4 Å². The first-order chi connectivity index (χ1) is 14.1. The van der Waals surface area contributed by atoms with Gasteiger partial charge in [0.05, 0.1) is 4.90 Å². The predicted octanol–water partition coefficient (Wildman–Crippen LogP) is 5.37. The van der Waals surface area contributed by atoms with E-state index in [-0.39, 0.29) is 11.7 Å². The summed E-state index contributed by atoms with van der Waals surface area (Å²) in [5, 5.41) is 4.62. The second-order valence-electron chi connectivity index (χ2n) is 6.39. The van der Waals surface area contributed by atoms with Gasteiger partial charge >= 0.3 is 0 Å². The van der Waals surface area contributed by atoms with Crippen LogP contribution in [0.15, 0.2) is 95.9 Å². The third-order valence-electron chi connectivity index (χ3n) is 4.41. The number of hydrogen-bond acceptors (Lipinski definition) is 2. The molecule has 4 rings (SSSR count). The van der Waals surface area contributed by atoms with Crippen molar-refractivity contribution in [1.82, 2.24) is 0 Å². The number of carbonyl (C=O) groups excluding carboxylic acids is 1. The molecule has 1 amide bonds. The Morgan fingerprint density at radius 2 is 1.59 bits per heavy atom. The topological polar surface area (TPSA) is 58.2 Å². The lowest BCUT2D eigenvalue weighted by Crippen LogP contribution is -2.12. The molecule has 4 aromatic rings. The number of anilines is 2. The Morgan fingerprint density at radius 1 is 0.828 bits per heavy atom. The number of fused-ring (bicyclic) bond motifs is 1. The van der Waals surface area contributed by atoms with E-state index in [1.165, 1.54) is 24.3 Å². The summed E-state index contributed by atoms with van der Waals surface area (Å²) in [6, 6.07) is 25.6. The van der Waals surface area contributed by atoms with Gasteiger partial charge in [0.2, 0.25) is 0 Å². The molecule has 0 fully saturated rings. The van der Waals surface area contributed by atoms with E-state index in [9.17, 15) is 13.4 Å². The largest absolute Gasteiger partial charge is 0.321 e. The summed E-state index contributed by atoms with van der Waals surface area (Å²) in [4.78, 5) is 13.1. The Morgan fingerprint density at radius 3 is 2.34 bits per heavy atom. The van der Waals surface area contributed by atoms with Gasteiger partial charge in [0.25, 0.3) is 5.91 Å². The van der Waals surface area contributed by atoms with Crippen molar-refractivity contribution in [3.63, 3.8) is 0 Å². The number of nitrogens with one attached hydrogen (secondary N) is 2. The van der Waals surface area contributed by atoms with Crippen molar-refractivity contribution in [3.8, 4) is 0 Å². The van der Waals surface area contributed by atoms with Crippen LogP contribution in [0, 0.1) is 5.82 Å². The third-order valence-corrected chi connectivity index (χ3v) is 5.51. The Balaban J connectivity index is 1.62. The van der Waals surface area contributed by atoms with E-state index in [1.54, 1.807) is 36.4 Å². The van der Waals surface area contributed by atoms with Gasteiger partial charge in [0.1, 0.15) is 16.8 Å². The standard InChI is InChI=1S/C23H17FN2O2S/c24-18-10-12-19(13-11-18)26-29(28)20-14-9-16-7-4-8-22(21(16)15-20)25-23(27)17-5-2-1-3-6-17/h1-15,26H,(H,25,27). The number of rotatable bonds is 5. The van der Waals surface area contributed by atoms with Crippen molar-refractivity contribution in [3.05, 3.63) is 102 Å². The van der Waals surface area contributed by atoms with Crippen LogP contribution in [-0.4, -0.2) is 10.1 Å². The van der Waals surface area contributed by atoms with Crippen LogP contribution in [0.4, 0.5) is 15.8 Å². The first-order valence-electron chi connectivity index (χ1n) is 8.93.